The number of nitrogens with zero attached hydrogens (tertiary/aromatic N) is 2. The number of morpholine rings is 1. The first kappa shape index (κ1) is 23.7. The molecule has 0 atom stereocenters. The predicted molar refractivity (Wildman–Crippen MR) is 124 cm³/mol. The van der Waals surface area contributed by atoms with E-state index in [-0.39, 0.29) is 17.3 Å². The molecule has 3 rings (SSSR count). The van der Waals surface area contributed by atoms with Crippen LogP contribution >= 0.6 is 11.8 Å². The second kappa shape index (κ2) is 11.6. The van der Waals surface area contributed by atoms with Crippen LogP contribution in [0.25, 0.3) is 0 Å². The van der Waals surface area contributed by atoms with E-state index < -0.39 is 4.92 Å². The van der Waals surface area contributed by atoms with Crippen LogP contribution in [0.1, 0.15) is 13.8 Å². The fraction of sp³-hybridized carbons (Fsp3) is 0.409. The van der Waals surface area contributed by atoms with Crippen LogP contribution < -0.4 is 19.7 Å². The van der Waals surface area contributed by atoms with E-state index in [0.717, 1.165) is 23.7 Å². The van der Waals surface area contributed by atoms with Crippen molar-refractivity contribution < 1.29 is 23.9 Å². The third kappa shape index (κ3) is 6.27. The molecule has 1 saturated heterocycles. The topological polar surface area (TPSA) is 103 Å². The standard InChI is InChI=1S/C22H27N3O6S/c1-3-30-20-14-19(24-9-11-29-12-10-24)21(31-4-2)13-18(20)23-22(26)15-32-17-7-5-16(6-8-17)25(27)28/h5-8,13-14H,3-4,9-12,15H2,1-2H3,(H,23,26). The van der Waals surface area contributed by atoms with Crippen molar-refractivity contribution in [2.75, 3.05) is 55.5 Å². The third-order valence-electron chi connectivity index (χ3n) is 4.70. The van der Waals surface area contributed by atoms with Crippen LogP contribution in [0.4, 0.5) is 17.1 Å². The second-order valence-electron chi connectivity index (χ2n) is 6.87. The summed E-state index contributed by atoms with van der Waals surface area (Å²) >= 11 is 1.30. The van der Waals surface area contributed by atoms with Crippen molar-refractivity contribution in [1.29, 1.82) is 0 Å². The van der Waals surface area contributed by atoms with Gasteiger partial charge < -0.3 is 24.4 Å². The van der Waals surface area contributed by atoms with Crippen molar-refractivity contribution >= 4 is 34.7 Å². The highest BCUT2D eigenvalue weighted by atomic mass is 32.2. The average molecular weight is 462 g/mol. The number of nitro benzene ring substituents is 1. The molecule has 1 aliphatic rings. The molecular weight excluding hydrogens is 434 g/mol. The molecule has 0 saturated carbocycles. The zero-order valence-electron chi connectivity index (χ0n) is 18.2. The number of amides is 1. The predicted octanol–water partition coefficient (Wildman–Crippen LogP) is 3.96. The zero-order chi connectivity index (χ0) is 22.9. The summed E-state index contributed by atoms with van der Waals surface area (Å²) in [7, 11) is 0. The molecule has 172 valence electrons. The molecule has 2 aromatic rings. The van der Waals surface area contributed by atoms with Gasteiger partial charge in [-0.1, -0.05) is 0 Å². The van der Waals surface area contributed by atoms with Gasteiger partial charge in [-0.05, 0) is 26.0 Å². The first-order chi connectivity index (χ1) is 15.5. The first-order valence-corrected chi connectivity index (χ1v) is 11.4. The van der Waals surface area contributed by atoms with Gasteiger partial charge in [0.15, 0.2) is 0 Å². The monoisotopic (exact) mass is 461 g/mol. The van der Waals surface area contributed by atoms with E-state index in [9.17, 15) is 14.9 Å². The van der Waals surface area contributed by atoms with Gasteiger partial charge in [-0.25, -0.2) is 0 Å². The quantitative estimate of drug-likeness (QED) is 0.322. The highest BCUT2D eigenvalue weighted by Crippen LogP contribution is 2.39. The number of non-ortho nitro benzene ring substituents is 1. The molecule has 0 radical (unpaired) electrons. The molecule has 1 fully saturated rings. The van der Waals surface area contributed by atoms with E-state index in [1.165, 1.54) is 23.9 Å². The van der Waals surface area contributed by atoms with Crippen LogP contribution in [0.2, 0.25) is 0 Å². The SMILES string of the molecule is CCOc1cc(N2CCOCC2)c(OCC)cc1NC(=O)CSc1ccc([N+](=O)[O-])cc1. The van der Waals surface area contributed by atoms with Gasteiger partial charge >= 0.3 is 0 Å². The zero-order valence-corrected chi connectivity index (χ0v) is 19.0. The largest absolute Gasteiger partial charge is 0.492 e. The molecule has 0 aliphatic carbocycles. The van der Waals surface area contributed by atoms with Crippen molar-refractivity contribution in [3.63, 3.8) is 0 Å². The van der Waals surface area contributed by atoms with Gasteiger partial charge in [-0.15, -0.1) is 11.8 Å². The summed E-state index contributed by atoms with van der Waals surface area (Å²) in [4.78, 5) is 25.9. The number of nitrogens with one attached hydrogen (secondary N) is 1. The summed E-state index contributed by atoms with van der Waals surface area (Å²) in [6.07, 6.45) is 0. The van der Waals surface area contributed by atoms with Gasteiger partial charge in [-0.3, -0.25) is 14.9 Å². The Morgan fingerprint density at radius 2 is 1.78 bits per heavy atom. The summed E-state index contributed by atoms with van der Waals surface area (Å²) in [5, 5.41) is 13.7. The Hall–Kier alpha value is -2.98. The van der Waals surface area contributed by atoms with E-state index >= 15 is 0 Å². The van der Waals surface area contributed by atoms with Crippen molar-refractivity contribution in [3.8, 4) is 11.5 Å². The number of ether oxygens (including phenoxy) is 3. The van der Waals surface area contributed by atoms with Crippen molar-refractivity contribution in [3.05, 3.63) is 46.5 Å². The Labute approximate surface area is 191 Å². The van der Waals surface area contributed by atoms with Crippen LogP contribution in [0.5, 0.6) is 11.5 Å². The fourth-order valence-corrected chi connectivity index (χ4v) is 3.94. The maximum atomic E-state index is 12.6. The van der Waals surface area contributed by atoms with Crippen LogP contribution in [0.15, 0.2) is 41.3 Å². The molecule has 1 heterocycles. The maximum absolute atomic E-state index is 12.6. The minimum Gasteiger partial charge on any atom is -0.492 e. The number of benzene rings is 2. The summed E-state index contributed by atoms with van der Waals surface area (Å²) in [6, 6.07) is 9.81. The van der Waals surface area contributed by atoms with Crippen LogP contribution in [0.3, 0.4) is 0 Å². The molecule has 9 nitrogen and oxygen atoms in total. The number of carbonyl (C=O) groups excluding carboxylic acids is 1. The number of hydrogen-bond donors (Lipinski definition) is 1. The van der Waals surface area contributed by atoms with Gasteiger partial charge in [-0.2, -0.15) is 0 Å². The van der Waals surface area contributed by atoms with Gasteiger partial charge in [0.2, 0.25) is 5.91 Å². The maximum Gasteiger partial charge on any atom is 0.269 e. The molecule has 0 unspecified atom stereocenters. The normalized spacial score (nSPS) is 13.5. The lowest BCUT2D eigenvalue weighted by Gasteiger charge is -2.31. The van der Waals surface area contributed by atoms with Gasteiger partial charge in [0, 0.05) is 42.3 Å². The first-order valence-electron chi connectivity index (χ1n) is 10.4. The molecule has 1 amide bonds. The summed E-state index contributed by atoms with van der Waals surface area (Å²) in [5.41, 5.74) is 1.47. The summed E-state index contributed by atoms with van der Waals surface area (Å²) < 4.78 is 17.1. The molecular formula is C22H27N3O6S. The number of anilines is 2. The van der Waals surface area contributed by atoms with Crippen LogP contribution in [-0.4, -0.2) is 56.1 Å². The lowest BCUT2D eigenvalue weighted by atomic mass is 10.2. The van der Waals surface area contributed by atoms with E-state index in [0.29, 0.717) is 43.6 Å². The Morgan fingerprint density at radius 3 is 2.41 bits per heavy atom. The number of carbonyl (C=O) groups is 1. The summed E-state index contributed by atoms with van der Waals surface area (Å²) in [5.74, 6) is 1.19. The Kier molecular flexibility index (Phi) is 8.57. The molecule has 10 heteroatoms. The second-order valence-corrected chi connectivity index (χ2v) is 7.92. The lowest BCUT2D eigenvalue weighted by molar-refractivity contribution is -0.384. The lowest BCUT2D eigenvalue weighted by Crippen LogP contribution is -2.36. The molecule has 32 heavy (non-hydrogen) atoms. The number of thioether (sulfide) groups is 1. The Balaban J connectivity index is 1.73. The Morgan fingerprint density at radius 1 is 1.12 bits per heavy atom. The number of rotatable bonds is 10. The van der Waals surface area contributed by atoms with E-state index in [1.807, 2.05) is 19.9 Å². The van der Waals surface area contributed by atoms with Gasteiger partial charge in [0.1, 0.15) is 11.5 Å². The van der Waals surface area contributed by atoms with Crippen LogP contribution in [-0.2, 0) is 9.53 Å². The highest BCUT2D eigenvalue weighted by molar-refractivity contribution is 8.00. The van der Waals surface area contributed by atoms with Gasteiger partial charge in [0.05, 0.1) is 48.5 Å². The van der Waals surface area contributed by atoms with Crippen LogP contribution in [0, 0.1) is 10.1 Å². The molecule has 1 aliphatic heterocycles. The Bertz CT molecular complexity index is 932. The minimum absolute atomic E-state index is 0.0176. The molecule has 1 N–H and O–H groups in total. The molecule has 0 spiro atoms. The summed E-state index contributed by atoms with van der Waals surface area (Å²) in [6.45, 7) is 7.55. The van der Waals surface area contributed by atoms with Crippen molar-refractivity contribution in [2.45, 2.75) is 18.7 Å². The third-order valence-corrected chi connectivity index (χ3v) is 5.72. The van der Waals surface area contributed by atoms with E-state index in [1.54, 1.807) is 18.2 Å². The molecule has 0 bridgehead atoms. The van der Waals surface area contributed by atoms with Crippen molar-refractivity contribution in [2.24, 2.45) is 0 Å². The minimum atomic E-state index is -0.451. The average Bonchev–Trinajstić information content (AvgIpc) is 2.80. The highest BCUT2D eigenvalue weighted by Gasteiger charge is 2.20. The van der Waals surface area contributed by atoms with Gasteiger partial charge in [0.25, 0.3) is 5.69 Å². The molecule has 2 aromatic carbocycles. The van der Waals surface area contributed by atoms with E-state index in [2.05, 4.69) is 10.2 Å². The fourth-order valence-electron chi connectivity index (χ4n) is 3.24. The molecule has 0 aromatic heterocycles. The van der Waals surface area contributed by atoms with Crippen molar-refractivity contribution in [1.82, 2.24) is 0 Å². The smallest absolute Gasteiger partial charge is 0.269 e. The van der Waals surface area contributed by atoms with E-state index in [4.69, 9.17) is 14.2 Å². The number of nitro groups is 1. The number of hydrogen-bond acceptors (Lipinski definition) is 8.